The summed E-state index contributed by atoms with van der Waals surface area (Å²) in [6.45, 7) is 8.55. The maximum Gasteiger partial charge on any atom is 0.330 e. The number of nitrogens with one attached hydrogen (secondary N) is 1. The van der Waals surface area contributed by atoms with E-state index in [4.69, 9.17) is 4.74 Å². The van der Waals surface area contributed by atoms with E-state index >= 15 is 0 Å². The second-order valence-electron chi connectivity index (χ2n) is 6.94. The third kappa shape index (κ3) is 2.29. The number of rotatable bonds is 3. The molecule has 2 fully saturated rings. The number of aryl methyl sites for hydroxylation is 2. The highest BCUT2D eigenvalue weighted by Crippen LogP contribution is 2.53. The van der Waals surface area contributed by atoms with Crippen LogP contribution in [0.3, 0.4) is 0 Å². The molecule has 0 aliphatic carbocycles. The van der Waals surface area contributed by atoms with Crippen LogP contribution in [-0.2, 0) is 4.74 Å². The van der Waals surface area contributed by atoms with Crippen LogP contribution in [0.5, 0.6) is 0 Å². The summed E-state index contributed by atoms with van der Waals surface area (Å²) in [5.41, 5.74) is -0.653. The molecule has 8 nitrogen and oxygen atoms in total. The van der Waals surface area contributed by atoms with Gasteiger partial charge in [-0.25, -0.2) is 9.78 Å². The van der Waals surface area contributed by atoms with Crippen molar-refractivity contribution in [2.24, 2.45) is 5.92 Å². The number of anilines is 1. The first kappa shape index (κ1) is 16.5. The fourth-order valence-electron chi connectivity index (χ4n) is 4.09. The van der Waals surface area contributed by atoms with Crippen LogP contribution in [-0.4, -0.2) is 37.1 Å². The second kappa shape index (κ2) is 5.50. The fourth-order valence-corrected chi connectivity index (χ4v) is 4.80. The quantitative estimate of drug-likeness (QED) is 0.881. The Morgan fingerprint density at radius 2 is 2.20 bits per heavy atom. The molecule has 0 saturated carbocycles. The maximum atomic E-state index is 12.4. The predicted octanol–water partition coefficient (Wildman–Crippen LogP) is 1.21. The van der Waals surface area contributed by atoms with Crippen molar-refractivity contribution < 1.29 is 4.74 Å². The highest BCUT2D eigenvalue weighted by atomic mass is 32.1. The molecule has 2 saturated heterocycles. The molecule has 4 heterocycles. The van der Waals surface area contributed by atoms with Gasteiger partial charge in [-0.15, -0.1) is 0 Å². The lowest BCUT2D eigenvalue weighted by Gasteiger charge is -2.37. The van der Waals surface area contributed by atoms with Crippen molar-refractivity contribution in [2.45, 2.75) is 52.0 Å². The summed E-state index contributed by atoms with van der Waals surface area (Å²) in [4.78, 5) is 33.2. The summed E-state index contributed by atoms with van der Waals surface area (Å²) >= 11 is 1.37. The molecule has 134 valence electrons. The van der Waals surface area contributed by atoms with Crippen LogP contribution in [0, 0.1) is 19.8 Å². The van der Waals surface area contributed by atoms with E-state index < -0.39 is 11.9 Å². The molecule has 9 heteroatoms. The predicted molar refractivity (Wildman–Crippen MR) is 94.1 cm³/mol. The summed E-state index contributed by atoms with van der Waals surface area (Å²) in [6.07, 6.45) is 1.97. The molecule has 4 rings (SSSR count). The fraction of sp³-hybridized carbons (Fsp3) is 0.625. The van der Waals surface area contributed by atoms with Gasteiger partial charge < -0.3 is 9.64 Å². The standard InChI is InChI=1S/C16H21N5O3S/c1-5-16-7-21(15-17-10(4)19-25-15)11(9(16)3)13(24-16)20-6-8(2)12(22)18-14(20)23/h6,9,11,13H,5,7H2,1-4H3,(H,18,22,23)/t9-,11+,13+,16-/m0/s1. The Morgan fingerprint density at radius 1 is 1.44 bits per heavy atom. The molecule has 0 unspecified atom stereocenters. The highest BCUT2D eigenvalue weighted by Gasteiger charge is 2.62. The first-order valence-electron chi connectivity index (χ1n) is 8.43. The molecule has 0 amide bonds. The SMILES string of the molecule is CC[C@@]12CN(c3nc(C)ns3)[C@@H]([C@H](n3cc(C)c(=O)[nH]c3=O)O1)[C@@H]2C. The molecule has 0 radical (unpaired) electrons. The Morgan fingerprint density at radius 3 is 2.80 bits per heavy atom. The topological polar surface area (TPSA) is 93.1 Å². The number of aromatic nitrogens is 4. The maximum absolute atomic E-state index is 12.4. The van der Waals surface area contributed by atoms with Crippen molar-refractivity contribution >= 4 is 16.7 Å². The molecule has 2 aliphatic heterocycles. The molecule has 0 spiro atoms. The van der Waals surface area contributed by atoms with E-state index in [-0.39, 0.29) is 23.1 Å². The monoisotopic (exact) mass is 363 g/mol. The number of morpholine rings is 1. The van der Waals surface area contributed by atoms with Crippen LogP contribution in [0.4, 0.5) is 5.13 Å². The number of aromatic amines is 1. The zero-order valence-electron chi connectivity index (χ0n) is 14.6. The Kier molecular flexibility index (Phi) is 3.62. The van der Waals surface area contributed by atoms with Crippen molar-refractivity contribution in [1.29, 1.82) is 0 Å². The zero-order chi connectivity index (χ0) is 17.9. The second-order valence-corrected chi connectivity index (χ2v) is 7.67. The van der Waals surface area contributed by atoms with E-state index in [2.05, 4.69) is 33.1 Å². The first-order chi connectivity index (χ1) is 11.9. The molecule has 0 aromatic carbocycles. The summed E-state index contributed by atoms with van der Waals surface area (Å²) in [7, 11) is 0. The van der Waals surface area contributed by atoms with E-state index in [9.17, 15) is 9.59 Å². The minimum Gasteiger partial charge on any atom is -0.347 e. The van der Waals surface area contributed by atoms with Crippen molar-refractivity contribution in [3.8, 4) is 0 Å². The zero-order valence-corrected chi connectivity index (χ0v) is 15.5. The van der Waals surface area contributed by atoms with Crippen molar-refractivity contribution in [1.82, 2.24) is 18.9 Å². The van der Waals surface area contributed by atoms with Crippen molar-refractivity contribution in [2.75, 3.05) is 11.4 Å². The van der Waals surface area contributed by atoms with Crippen LogP contribution >= 0.6 is 11.5 Å². The van der Waals surface area contributed by atoms with Crippen molar-refractivity contribution in [3.63, 3.8) is 0 Å². The lowest BCUT2D eigenvalue weighted by Crippen LogP contribution is -2.48. The minimum atomic E-state index is -0.462. The van der Waals surface area contributed by atoms with Gasteiger partial charge in [-0.2, -0.15) is 4.37 Å². The van der Waals surface area contributed by atoms with Crippen LogP contribution in [0.1, 0.15) is 37.9 Å². The smallest absolute Gasteiger partial charge is 0.330 e. The molecule has 2 aliphatic rings. The molecule has 2 aromatic heterocycles. The molecule has 2 bridgehead atoms. The summed E-state index contributed by atoms with van der Waals surface area (Å²) in [5, 5.41) is 0.854. The third-order valence-corrected chi connectivity index (χ3v) is 6.41. The third-order valence-electron chi connectivity index (χ3n) is 5.57. The Bertz CT molecular complexity index is 934. The van der Waals surface area contributed by atoms with Gasteiger partial charge in [0.1, 0.15) is 5.82 Å². The largest absolute Gasteiger partial charge is 0.347 e. The highest BCUT2D eigenvalue weighted by molar-refractivity contribution is 7.09. The van der Waals surface area contributed by atoms with E-state index in [1.165, 1.54) is 16.1 Å². The molecular weight excluding hydrogens is 342 g/mol. The van der Waals surface area contributed by atoms with Gasteiger partial charge in [0.25, 0.3) is 5.56 Å². The number of nitrogens with zero attached hydrogens (tertiary/aromatic N) is 4. The molecule has 2 aromatic rings. The molecule has 25 heavy (non-hydrogen) atoms. The summed E-state index contributed by atoms with van der Waals surface area (Å²) in [5.74, 6) is 0.973. The van der Waals surface area contributed by atoms with E-state index in [1.54, 1.807) is 13.1 Å². The van der Waals surface area contributed by atoms with Crippen molar-refractivity contribution in [3.05, 3.63) is 38.4 Å². The van der Waals surface area contributed by atoms with E-state index in [0.29, 0.717) is 5.56 Å². The number of fused-ring (bicyclic) bond motifs is 2. The van der Waals surface area contributed by atoms with Crippen LogP contribution in [0.15, 0.2) is 15.8 Å². The average Bonchev–Trinajstić information content (AvgIpc) is 3.21. The van der Waals surface area contributed by atoms with E-state index in [1.807, 2.05) is 6.92 Å². The molecular formula is C16H21N5O3S. The summed E-state index contributed by atoms with van der Waals surface area (Å²) < 4.78 is 12.2. The van der Waals surface area contributed by atoms with Gasteiger partial charge >= 0.3 is 5.69 Å². The lowest BCUT2D eigenvalue weighted by atomic mass is 9.88. The van der Waals surface area contributed by atoms with Gasteiger partial charge in [0, 0.05) is 29.2 Å². The van der Waals surface area contributed by atoms with E-state index in [0.717, 1.165) is 23.9 Å². The molecule has 4 atom stereocenters. The minimum absolute atomic E-state index is 0.0321. The van der Waals surface area contributed by atoms with Gasteiger partial charge in [0.05, 0.1) is 18.2 Å². The first-order valence-corrected chi connectivity index (χ1v) is 9.20. The van der Waals surface area contributed by atoms with Crippen LogP contribution in [0.25, 0.3) is 0 Å². The van der Waals surface area contributed by atoms with Crippen LogP contribution in [0.2, 0.25) is 0 Å². The van der Waals surface area contributed by atoms with Gasteiger partial charge in [0.2, 0.25) is 5.13 Å². The number of ether oxygens (including phenoxy) is 1. The number of H-pyrrole nitrogens is 1. The lowest BCUT2D eigenvalue weighted by molar-refractivity contribution is -0.0950. The normalized spacial score (nSPS) is 31.0. The van der Waals surface area contributed by atoms with Gasteiger partial charge in [-0.1, -0.05) is 13.8 Å². The number of hydrogen-bond acceptors (Lipinski definition) is 7. The number of hydrogen-bond donors (Lipinski definition) is 1. The Balaban J connectivity index is 1.81. The Hall–Kier alpha value is -2.00. The van der Waals surface area contributed by atoms with Gasteiger partial charge in [0.15, 0.2) is 6.23 Å². The van der Waals surface area contributed by atoms with Gasteiger partial charge in [-0.05, 0) is 20.3 Å². The average molecular weight is 363 g/mol. The Labute approximate surface area is 148 Å². The summed E-state index contributed by atoms with van der Waals surface area (Å²) in [6, 6.07) is -0.0321. The van der Waals surface area contributed by atoms with Crippen LogP contribution < -0.4 is 16.1 Å². The van der Waals surface area contributed by atoms with Gasteiger partial charge in [-0.3, -0.25) is 14.3 Å². The molecule has 1 N–H and O–H groups in total.